The molecule has 0 fully saturated rings. The largest absolute Gasteiger partial charge is 0.458 e. The Labute approximate surface area is 90.8 Å². The van der Waals surface area contributed by atoms with E-state index < -0.39 is 0 Å². The van der Waals surface area contributed by atoms with Gasteiger partial charge in [-0.05, 0) is 19.4 Å². The van der Waals surface area contributed by atoms with Crippen LogP contribution in [0.1, 0.15) is 26.7 Å². The molecule has 86 valence electrons. The molecule has 5 nitrogen and oxygen atoms in total. The second-order valence-electron chi connectivity index (χ2n) is 3.55. The summed E-state index contributed by atoms with van der Waals surface area (Å²) >= 11 is 0. The molecule has 0 radical (unpaired) electrons. The zero-order chi connectivity index (χ0) is 11.1. The number of aromatic nitrogens is 3. The first-order chi connectivity index (χ1) is 7.26. The molecular weight excluding hydrogens is 192 g/mol. The Morgan fingerprint density at radius 1 is 1.53 bits per heavy atom. The van der Waals surface area contributed by atoms with E-state index in [0.717, 1.165) is 25.9 Å². The van der Waals surface area contributed by atoms with Gasteiger partial charge in [0.2, 0.25) is 0 Å². The zero-order valence-electron chi connectivity index (χ0n) is 9.73. The van der Waals surface area contributed by atoms with Gasteiger partial charge < -0.3 is 10.1 Å². The molecule has 0 amide bonds. The highest BCUT2D eigenvalue weighted by Crippen LogP contribution is 2.04. The van der Waals surface area contributed by atoms with Crippen molar-refractivity contribution in [2.24, 2.45) is 7.05 Å². The van der Waals surface area contributed by atoms with Crippen LogP contribution >= 0.6 is 0 Å². The van der Waals surface area contributed by atoms with E-state index in [9.17, 15) is 0 Å². The van der Waals surface area contributed by atoms with Gasteiger partial charge in [-0.15, -0.1) is 5.10 Å². The molecule has 0 saturated carbocycles. The maximum atomic E-state index is 5.63. The van der Waals surface area contributed by atoms with Gasteiger partial charge in [-0.2, -0.15) is 4.98 Å². The molecule has 0 aliphatic heterocycles. The lowest BCUT2D eigenvalue weighted by Gasteiger charge is -2.15. The van der Waals surface area contributed by atoms with Crippen molar-refractivity contribution in [3.8, 4) is 6.01 Å². The first kappa shape index (κ1) is 12.0. The third-order valence-electron chi connectivity index (χ3n) is 2.10. The Morgan fingerprint density at radius 3 is 2.87 bits per heavy atom. The van der Waals surface area contributed by atoms with Gasteiger partial charge in [0, 0.05) is 13.6 Å². The highest BCUT2D eigenvalue weighted by molar-refractivity contribution is 4.88. The number of rotatable bonds is 7. The summed E-state index contributed by atoms with van der Waals surface area (Å²) in [4.78, 5) is 4.03. The van der Waals surface area contributed by atoms with Crippen LogP contribution in [-0.2, 0) is 7.05 Å². The van der Waals surface area contributed by atoms with Crippen LogP contribution in [0.25, 0.3) is 0 Å². The van der Waals surface area contributed by atoms with E-state index in [1.807, 2.05) is 7.05 Å². The van der Waals surface area contributed by atoms with Gasteiger partial charge in [0.05, 0.1) is 0 Å². The lowest BCUT2D eigenvalue weighted by Crippen LogP contribution is -2.31. The molecule has 1 atom stereocenters. The number of ether oxygens (including phenoxy) is 1. The monoisotopic (exact) mass is 212 g/mol. The van der Waals surface area contributed by atoms with Gasteiger partial charge in [-0.25, -0.2) is 0 Å². The predicted molar refractivity (Wildman–Crippen MR) is 58.9 cm³/mol. The minimum absolute atomic E-state index is 0.152. The molecule has 0 aromatic carbocycles. The summed E-state index contributed by atoms with van der Waals surface area (Å²) in [5.74, 6) is 0. The Balaban J connectivity index is 2.33. The molecule has 1 heterocycles. The standard InChI is InChI=1S/C10H20N4O/c1-4-6-11-7-9(5-2)15-10-12-8-14(3)13-10/h8-9,11H,4-7H2,1-3H3. The molecule has 0 bridgehead atoms. The number of nitrogens with zero attached hydrogens (tertiary/aromatic N) is 3. The minimum Gasteiger partial charge on any atom is -0.458 e. The van der Waals surface area contributed by atoms with Crippen molar-refractivity contribution >= 4 is 0 Å². The van der Waals surface area contributed by atoms with Crippen LogP contribution in [0.5, 0.6) is 6.01 Å². The maximum absolute atomic E-state index is 5.63. The van der Waals surface area contributed by atoms with E-state index in [4.69, 9.17) is 4.74 Å². The molecule has 1 N–H and O–H groups in total. The SMILES string of the molecule is CCCNCC(CC)Oc1ncn(C)n1. The number of aryl methyl sites for hydroxylation is 1. The van der Waals surface area contributed by atoms with E-state index >= 15 is 0 Å². The van der Waals surface area contributed by atoms with Crippen LogP contribution in [0.3, 0.4) is 0 Å². The number of hydrogen-bond donors (Lipinski definition) is 1. The van der Waals surface area contributed by atoms with Gasteiger partial charge in [-0.3, -0.25) is 4.68 Å². The lowest BCUT2D eigenvalue weighted by molar-refractivity contribution is 0.177. The highest BCUT2D eigenvalue weighted by Gasteiger charge is 2.09. The van der Waals surface area contributed by atoms with Crippen LogP contribution in [0.15, 0.2) is 6.33 Å². The average Bonchev–Trinajstić information content (AvgIpc) is 2.63. The fourth-order valence-corrected chi connectivity index (χ4v) is 1.23. The normalized spacial score (nSPS) is 12.7. The smallest absolute Gasteiger partial charge is 0.335 e. The van der Waals surface area contributed by atoms with Crippen molar-refractivity contribution in [2.75, 3.05) is 13.1 Å². The van der Waals surface area contributed by atoms with Crippen LogP contribution in [-0.4, -0.2) is 34.0 Å². The molecule has 1 rings (SSSR count). The number of nitrogens with one attached hydrogen (secondary N) is 1. The fourth-order valence-electron chi connectivity index (χ4n) is 1.23. The zero-order valence-corrected chi connectivity index (χ0v) is 9.73. The second-order valence-corrected chi connectivity index (χ2v) is 3.55. The summed E-state index contributed by atoms with van der Waals surface area (Å²) < 4.78 is 7.27. The first-order valence-corrected chi connectivity index (χ1v) is 5.49. The predicted octanol–water partition coefficient (Wildman–Crippen LogP) is 0.972. The highest BCUT2D eigenvalue weighted by atomic mass is 16.5. The second kappa shape index (κ2) is 6.40. The molecule has 1 aromatic heterocycles. The van der Waals surface area contributed by atoms with Crippen LogP contribution in [0, 0.1) is 0 Å². The minimum atomic E-state index is 0.152. The molecule has 0 aliphatic carbocycles. The van der Waals surface area contributed by atoms with Crippen molar-refractivity contribution in [3.63, 3.8) is 0 Å². The van der Waals surface area contributed by atoms with Gasteiger partial charge >= 0.3 is 6.01 Å². The van der Waals surface area contributed by atoms with E-state index in [0.29, 0.717) is 6.01 Å². The average molecular weight is 212 g/mol. The van der Waals surface area contributed by atoms with Gasteiger partial charge in [0.15, 0.2) is 0 Å². The molecule has 15 heavy (non-hydrogen) atoms. The molecular formula is C10H20N4O. The topological polar surface area (TPSA) is 52.0 Å². The van der Waals surface area contributed by atoms with E-state index in [-0.39, 0.29) is 6.10 Å². The first-order valence-electron chi connectivity index (χ1n) is 5.49. The summed E-state index contributed by atoms with van der Waals surface area (Å²) in [7, 11) is 1.83. The maximum Gasteiger partial charge on any atom is 0.335 e. The summed E-state index contributed by atoms with van der Waals surface area (Å²) in [5, 5.41) is 7.41. The van der Waals surface area contributed by atoms with Crippen molar-refractivity contribution in [3.05, 3.63) is 6.33 Å². The van der Waals surface area contributed by atoms with Gasteiger partial charge in [-0.1, -0.05) is 13.8 Å². The molecule has 0 aliphatic rings. The van der Waals surface area contributed by atoms with E-state index in [2.05, 4.69) is 29.2 Å². The Bertz CT molecular complexity index is 274. The quantitative estimate of drug-likeness (QED) is 0.684. The molecule has 5 heteroatoms. The Hall–Kier alpha value is -1.10. The van der Waals surface area contributed by atoms with Crippen LogP contribution in [0.4, 0.5) is 0 Å². The third kappa shape index (κ3) is 4.29. The molecule has 0 spiro atoms. The Morgan fingerprint density at radius 2 is 2.33 bits per heavy atom. The molecule has 0 saturated heterocycles. The fraction of sp³-hybridized carbons (Fsp3) is 0.800. The summed E-state index contributed by atoms with van der Waals surface area (Å²) in [6.07, 6.45) is 3.88. The summed E-state index contributed by atoms with van der Waals surface area (Å²) in [6, 6.07) is 0.461. The van der Waals surface area contributed by atoms with Crippen molar-refractivity contribution in [1.29, 1.82) is 0 Å². The van der Waals surface area contributed by atoms with Crippen LogP contribution < -0.4 is 10.1 Å². The molecule has 1 unspecified atom stereocenters. The van der Waals surface area contributed by atoms with E-state index in [1.165, 1.54) is 0 Å². The summed E-state index contributed by atoms with van der Waals surface area (Å²) in [6.45, 7) is 6.12. The lowest BCUT2D eigenvalue weighted by atomic mass is 10.3. The summed E-state index contributed by atoms with van der Waals surface area (Å²) in [5.41, 5.74) is 0. The van der Waals surface area contributed by atoms with Crippen LogP contribution in [0.2, 0.25) is 0 Å². The van der Waals surface area contributed by atoms with Gasteiger partial charge in [0.25, 0.3) is 0 Å². The number of hydrogen-bond acceptors (Lipinski definition) is 4. The third-order valence-corrected chi connectivity index (χ3v) is 2.10. The van der Waals surface area contributed by atoms with Crippen molar-refractivity contribution in [2.45, 2.75) is 32.8 Å². The molecule has 1 aromatic rings. The van der Waals surface area contributed by atoms with E-state index in [1.54, 1.807) is 11.0 Å². The van der Waals surface area contributed by atoms with Gasteiger partial charge in [0.1, 0.15) is 12.4 Å². The van der Waals surface area contributed by atoms with Crippen molar-refractivity contribution in [1.82, 2.24) is 20.1 Å². The van der Waals surface area contributed by atoms with Crippen molar-refractivity contribution < 1.29 is 4.74 Å². The Kier molecular flexibility index (Phi) is 5.10.